The van der Waals surface area contributed by atoms with E-state index in [0.29, 0.717) is 53.4 Å². The van der Waals surface area contributed by atoms with Gasteiger partial charge in [0.15, 0.2) is 0 Å². The van der Waals surface area contributed by atoms with Crippen molar-refractivity contribution in [2.24, 2.45) is 57.1 Å². The molecule has 166 valence electrons. The highest BCUT2D eigenvalue weighted by molar-refractivity contribution is 5.81. The first kappa shape index (κ1) is 21.4. The molecule has 4 aliphatic rings. The van der Waals surface area contributed by atoms with Gasteiger partial charge in [-0.3, -0.25) is 0 Å². The molecule has 4 fully saturated rings. The van der Waals surface area contributed by atoms with Gasteiger partial charge < -0.3 is 27.1 Å². The zero-order valence-corrected chi connectivity index (χ0v) is 18.5. The van der Waals surface area contributed by atoms with Crippen LogP contribution in [0.3, 0.4) is 0 Å². The highest BCUT2D eigenvalue weighted by Gasteiger charge is 2.62. The second kappa shape index (κ2) is 7.69. The van der Waals surface area contributed by atoms with Gasteiger partial charge >= 0.3 is 0 Å². The third kappa shape index (κ3) is 3.39. The van der Waals surface area contributed by atoms with Crippen LogP contribution < -0.4 is 16.9 Å². The molecule has 5 unspecified atom stereocenters. The Morgan fingerprint density at radius 2 is 1.76 bits per heavy atom. The minimum atomic E-state index is -0.213. The second-order valence-electron chi connectivity index (χ2n) is 11.2. The molecule has 4 saturated carbocycles. The molecule has 4 aliphatic carbocycles. The van der Waals surface area contributed by atoms with Crippen LogP contribution in [0.4, 0.5) is 0 Å². The SMILES string of the molecule is C[C@H](NC/C(N)=N/N)C1CCC2C3C(CC[C@@]21C)[C@@]1(C)CC[C@@H](O)CC1C[C@H]3O. The topological polar surface area (TPSA) is 117 Å². The third-order valence-corrected chi connectivity index (χ3v) is 10.1. The molecular weight excluding hydrogens is 364 g/mol. The Balaban J connectivity index is 1.53. The van der Waals surface area contributed by atoms with Crippen LogP contribution in [0, 0.1) is 40.4 Å². The molecule has 29 heavy (non-hydrogen) atoms. The summed E-state index contributed by atoms with van der Waals surface area (Å²) in [6, 6.07) is 0.357. The molecular formula is C23H42N4O2. The largest absolute Gasteiger partial charge is 0.393 e. The van der Waals surface area contributed by atoms with Gasteiger partial charge in [-0.2, -0.15) is 5.10 Å². The van der Waals surface area contributed by atoms with Crippen molar-refractivity contribution in [3.05, 3.63) is 0 Å². The van der Waals surface area contributed by atoms with Gasteiger partial charge in [0, 0.05) is 6.04 Å². The fourth-order valence-corrected chi connectivity index (χ4v) is 8.52. The van der Waals surface area contributed by atoms with Crippen molar-refractivity contribution in [3.63, 3.8) is 0 Å². The van der Waals surface area contributed by atoms with Gasteiger partial charge in [0.2, 0.25) is 0 Å². The van der Waals surface area contributed by atoms with Crippen LogP contribution in [-0.4, -0.2) is 40.8 Å². The number of nitrogens with zero attached hydrogens (tertiary/aromatic N) is 1. The molecule has 0 heterocycles. The van der Waals surface area contributed by atoms with Crippen molar-refractivity contribution in [3.8, 4) is 0 Å². The zero-order chi connectivity index (χ0) is 21.0. The number of hydrogen-bond donors (Lipinski definition) is 5. The Kier molecular flexibility index (Phi) is 5.67. The molecule has 0 saturated heterocycles. The van der Waals surface area contributed by atoms with Crippen molar-refractivity contribution in [2.75, 3.05) is 6.54 Å². The number of hydrazone groups is 1. The number of nitrogens with one attached hydrogen (secondary N) is 1. The Bertz CT molecular complexity index is 642. The van der Waals surface area contributed by atoms with Crippen LogP contribution in [0.2, 0.25) is 0 Å². The van der Waals surface area contributed by atoms with Crippen LogP contribution in [0.25, 0.3) is 0 Å². The fourth-order valence-electron chi connectivity index (χ4n) is 8.52. The predicted octanol–water partition coefficient (Wildman–Crippen LogP) is 2.19. The van der Waals surface area contributed by atoms with Gasteiger partial charge in [0.1, 0.15) is 5.84 Å². The molecule has 4 rings (SSSR count). The molecule has 10 atom stereocenters. The maximum atomic E-state index is 11.3. The van der Waals surface area contributed by atoms with Crippen molar-refractivity contribution < 1.29 is 10.2 Å². The molecule has 0 aromatic carbocycles. The second-order valence-corrected chi connectivity index (χ2v) is 11.2. The van der Waals surface area contributed by atoms with Crippen LogP contribution in [-0.2, 0) is 0 Å². The van der Waals surface area contributed by atoms with Crippen molar-refractivity contribution in [2.45, 2.75) is 90.4 Å². The van der Waals surface area contributed by atoms with E-state index in [2.05, 4.69) is 31.2 Å². The number of nitrogens with two attached hydrogens (primary N) is 2. The summed E-state index contributed by atoms with van der Waals surface area (Å²) in [5, 5.41) is 28.7. The normalized spacial score (nSPS) is 51.1. The predicted molar refractivity (Wildman–Crippen MR) is 116 cm³/mol. The molecule has 6 heteroatoms. The Labute approximate surface area is 175 Å². The van der Waals surface area contributed by atoms with E-state index in [1.807, 2.05) is 0 Å². The van der Waals surface area contributed by atoms with Crippen LogP contribution in [0.5, 0.6) is 0 Å². The number of fused-ring (bicyclic) bond motifs is 5. The average Bonchev–Trinajstić information content (AvgIpc) is 3.04. The van der Waals surface area contributed by atoms with Gasteiger partial charge in [-0.15, -0.1) is 0 Å². The molecule has 6 nitrogen and oxygen atoms in total. The highest BCUT2D eigenvalue weighted by atomic mass is 16.3. The summed E-state index contributed by atoms with van der Waals surface area (Å²) in [4.78, 5) is 0. The molecule has 0 radical (unpaired) electrons. The maximum Gasteiger partial charge on any atom is 0.133 e. The summed E-state index contributed by atoms with van der Waals surface area (Å²) < 4.78 is 0. The van der Waals surface area contributed by atoms with Crippen LogP contribution in [0.15, 0.2) is 5.10 Å². The molecule has 7 N–H and O–H groups in total. The molecule has 0 aromatic heterocycles. The Morgan fingerprint density at radius 1 is 1.07 bits per heavy atom. The van der Waals surface area contributed by atoms with Crippen molar-refractivity contribution >= 4 is 5.84 Å². The Hall–Kier alpha value is -0.850. The number of hydrogen-bond acceptors (Lipinski definition) is 5. The van der Waals surface area contributed by atoms with Gasteiger partial charge in [-0.05, 0) is 98.7 Å². The summed E-state index contributed by atoms with van der Waals surface area (Å²) in [5.74, 6) is 8.40. The first-order valence-electron chi connectivity index (χ1n) is 11.8. The van der Waals surface area contributed by atoms with E-state index in [4.69, 9.17) is 11.6 Å². The lowest BCUT2D eigenvalue weighted by Gasteiger charge is -2.62. The van der Waals surface area contributed by atoms with E-state index in [1.54, 1.807) is 0 Å². The Morgan fingerprint density at radius 3 is 2.48 bits per heavy atom. The lowest BCUT2D eigenvalue weighted by Crippen LogP contribution is -2.59. The molecule has 0 spiro atoms. The quantitative estimate of drug-likeness (QED) is 0.212. The molecule has 0 aliphatic heterocycles. The van der Waals surface area contributed by atoms with E-state index < -0.39 is 0 Å². The molecule has 0 aromatic rings. The summed E-state index contributed by atoms with van der Waals surface area (Å²) in [5.41, 5.74) is 6.34. The number of aliphatic hydroxyl groups is 2. The number of amidine groups is 1. The first-order valence-corrected chi connectivity index (χ1v) is 11.8. The van der Waals surface area contributed by atoms with Gasteiger partial charge in [-0.1, -0.05) is 13.8 Å². The lowest BCUT2D eigenvalue weighted by atomic mass is 9.44. The van der Waals surface area contributed by atoms with Gasteiger partial charge in [0.05, 0.1) is 18.8 Å². The number of rotatable bonds is 4. The summed E-state index contributed by atoms with van der Waals surface area (Å²) in [7, 11) is 0. The van der Waals surface area contributed by atoms with Crippen LogP contribution >= 0.6 is 0 Å². The van der Waals surface area contributed by atoms with Gasteiger partial charge in [-0.25, -0.2) is 0 Å². The number of aliphatic hydroxyl groups excluding tert-OH is 2. The summed E-state index contributed by atoms with van der Waals surface area (Å²) >= 11 is 0. The fraction of sp³-hybridized carbons (Fsp3) is 0.957. The minimum Gasteiger partial charge on any atom is -0.393 e. The van der Waals surface area contributed by atoms with E-state index in [-0.39, 0.29) is 17.6 Å². The molecule has 0 bridgehead atoms. The standard InChI is InChI=1S/C23H42N4O2/c1-13(26-12-20(24)27-25)16-4-5-17-21-18(7-9-23(16,17)3)22(2)8-6-15(28)10-14(22)11-19(21)29/h13-19,21,26,28-29H,4-12,25H2,1-3H3,(H2,24,27)/t13-,14?,15+,16?,17?,18?,19+,21?,22-,23+/m0/s1. The van der Waals surface area contributed by atoms with E-state index >= 15 is 0 Å². The lowest BCUT2D eigenvalue weighted by molar-refractivity contribution is -0.173. The maximum absolute atomic E-state index is 11.3. The molecule has 0 amide bonds. The van der Waals surface area contributed by atoms with E-state index in [9.17, 15) is 10.2 Å². The highest BCUT2D eigenvalue weighted by Crippen LogP contribution is 2.67. The average molecular weight is 407 g/mol. The minimum absolute atomic E-state index is 0.169. The third-order valence-electron chi connectivity index (χ3n) is 10.1. The van der Waals surface area contributed by atoms with Gasteiger partial charge in [0.25, 0.3) is 0 Å². The van der Waals surface area contributed by atoms with E-state index in [1.165, 1.54) is 25.7 Å². The summed E-state index contributed by atoms with van der Waals surface area (Å²) in [6.45, 7) is 7.76. The van der Waals surface area contributed by atoms with Crippen molar-refractivity contribution in [1.82, 2.24) is 5.32 Å². The summed E-state index contributed by atoms with van der Waals surface area (Å²) in [6.07, 6.45) is 8.32. The van der Waals surface area contributed by atoms with Crippen LogP contribution in [0.1, 0.15) is 72.1 Å². The monoisotopic (exact) mass is 406 g/mol. The van der Waals surface area contributed by atoms with Crippen molar-refractivity contribution in [1.29, 1.82) is 0 Å². The zero-order valence-electron chi connectivity index (χ0n) is 18.5. The smallest absolute Gasteiger partial charge is 0.133 e. The first-order chi connectivity index (χ1) is 13.7. The van der Waals surface area contributed by atoms with E-state index in [0.717, 1.165) is 25.7 Å².